The van der Waals surface area contributed by atoms with Gasteiger partial charge in [0.2, 0.25) is 0 Å². The minimum Gasteiger partial charge on any atom is -0.456 e. The van der Waals surface area contributed by atoms with Gasteiger partial charge in [0.25, 0.3) is 0 Å². The molecular formula is C18H27F3O5. The van der Waals surface area contributed by atoms with E-state index >= 15 is 0 Å². The van der Waals surface area contributed by atoms with Crippen molar-refractivity contribution in [3.63, 3.8) is 0 Å². The maximum absolute atomic E-state index is 13.0. The van der Waals surface area contributed by atoms with Crippen LogP contribution in [-0.4, -0.2) is 52.9 Å². The summed E-state index contributed by atoms with van der Waals surface area (Å²) >= 11 is 0. The molecule has 0 aliphatic carbocycles. The third-order valence-electron chi connectivity index (χ3n) is 5.51. The van der Waals surface area contributed by atoms with Crippen LogP contribution < -0.4 is 0 Å². The zero-order chi connectivity index (χ0) is 20.1. The number of carbonyl (C=O) groups is 1. The van der Waals surface area contributed by atoms with Crippen LogP contribution in [-0.2, 0) is 19.0 Å². The second-order valence-corrected chi connectivity index (χ2v) is 8.02. The maximum atomic E-state index is 13.0. The van der Waals surface area contributed by atoms with Gasteiger partial charge >= 0.3 is 12.1 Å². The molecule has 2 heterocycles. The molecule has 6 atom stereocenters. The summed E-state index contributed by atoms with van der Waals surface area (Å²) in [6.07, 6.45) is -6.25. The van der Waals surface area contributed by atoms with Crippen LogP contribution in [0.5, 0.6) is 0 Å². The van der Waals surface area contributed by atoms with Crippen LogP contribution in [0.15, 0.2) is 12.2 Å². The number of halogens is 3. The fourth-order valence-electron chi connectivity index (χ4n) is 3.60. The van der Waals surface area contributed by atoms with Crippen molar-refractivity contribution < 1.29 is 37.3 Å². The lowest BCUT2D eigenvalue weighted by Crippen LogP contribution is -2.55. The number of fused-ring (bicyclic) bond motifs is 2. The first-order valence-electron chi connectivity index (χ1n) is 8.65. The number of alkyl halides is 3. The zero-order valence-corrected chi connectivity index (χ0v) is 15.7. The highest BCUT2D eigenvalue weighted by Gasteiger charge is 2.58. The van der Waals surface area contributed by atoms with Crippen LogP contribution in [0.3, 0.4) is 0 Å². The number of esters is 1. The van der Waals surface area contributed by atoms with Gasteiger partial charge in [0.1, 0.15) is 6.10 Å². The third-order valence-corrected chi connectivity index (χ3v) is 5.51. The maximum Gasteiger partial charge on any atom is 0.419 e. The molecule has 5 nitrogen and oxygen atoms in total. The predicted molar refractivity (Wildman–Crippen MR) is 87.4 cm³/mol. The number of ether oxygens (including phenoxy) is 3. The number of rotatable bonds is 6. The van der Waals surface area contributed by atoms with Crippen LogP contribution >= 0.6 is 0 Å². The highest BCUT2D eigenvalue weighted by Crippen LogP contribution is 2.47. The Labute approximate surface area is 151 Å². The van der Waals surface area contributed by atoms with E-state index in [4.69, 9.17) is 14.2 Å². The summed E-state index contributed by atoms with van der Waals surface area (Å²) in [5.74, 6) is -0.646. The molecule has 2 aliphatic heterocycles. The summed E-state index contributed by atoms with van der Waals surface area (Å²) in [7, 11) is 0. The summed E-state index contributed by atoms with van der Waals surface area (Å²) in [6, 6.07) is 0. The largest absolute Gasteiger partial charge is 0.456 e. The molecule has 150 valence electrons. The third kappa shape index (κ3) is 3.92. The van der Waals surface area contributed by atoms with E-state index in [0.29, 0.717) is 25.3 Å². The standard InChI is InChI=1S/C18H27F3O5/c1-9(2)15(22)25-14-8-12-11(7-13(14)24-12)16(4,5)26-10(3)17(6,23)18(19,20)21/h10-14,23H,1,7-8H2,2-6H3. The normalized spacial score (nSPS) is 32.2. The Morgan fingerprint density at radius 2 is 1.81 bits per heavy atom. The second kappa shape index (κ2) is 6.80. The fourth-order valence-corrected chi connectivity index (χ4v) is 3.60. The molecule has 2 bridgehead atoms. The molecular weight excluding hydrogens is 353 g/mol. The zero-order valence-electron chi connectivity index (χ0n) is 15.7. The van der Waals surface area contributed by atoms with Crippen molar-refractivity contribution in [1.82, 2.24) is 0 Å². The average Bonchev–Trinajstić information content (AvgIpc) is 3.05. The van der Waals surface area contributed by atoms with Crippen LogP contribution in [0.2, 0.25) is 0 Å². The van der Waals surface area contributed by atoms with Gasteiger partial charge in [0.15, 0.2) is 5.60 Å². The molecule has 0 saturated carbocycles. The van der Waals surface area contributed by atoms with E-state index in [2.05, 4.69) is 6.58 Å². The molecule has 2 aliphatic rings. The summed E-state index contributed by atoms with van der Waals surface area (Å²) in [5.41, 5.74) is -3.60. The van der Waals surface area contributed by atoms with E-state index in [9.17, 15) is 23.1 Å². The Morgan fingerprint density at radius 3 is 2.23 bits per heavy atom. The van der Waals surface area contributed by atoms with Crippen LogP contribution in [0.1, 0.15) is 47.5 Å². The lowest BCUT2D eigenvalue weighted by molar-refractivity contribution is -0.300. The van der Waals surface area contributed by atoms with E-state index in [-0.39, 0.29) is 24.2 Å². The van der Waals surface area contributed by atoms with Crippen molar-refractivity contribution in [3.8, 4) is 0 Å². The SMILES string of the molecule is C=C(C)C(=O)OC1CC2OC1CC2C(C)(C)OC(C)C(C)(O)C(F)(F)F. The van der Waals surface area contributed by atoms with Crippen molar-refractivity contribution in [3.05, 3.63) is 12.2 Å². The van der Waals surface area contributed by atoms with E-state index in [1.807, 2.05) is 0 Å². The number of carbonyl (C=O) groups excluding carboxylic acids is 1. The monoisotopic (exact) mass is 380 g/mol. The van der Waals surface area contributed by atoms with Crippen LogP contribution in [0.4, 0.5) is 13.2 Å². The van der Waals surface area contributed by atoms with Crippen LogP contribution in [0.25, 0.3) is 0 Å². The molecule has 2 fully saturated rings. The van der Waals surface area contributed by atoms with Gasteiger partial charge in [-0.2, -0.15) is 13.2 Å². The molecule has 2 saturated heterocycles. The summed E-state index contributed by atoms with van der Waals surface area (Å²) in [6.45, 7) is 10.4. The van der Waals surface area contributed by atoms with Gasteiger partial charge < -0.3 is 19.3 Å². The van der Waals surface area contributed by atoms with Crippen LogP contribution in [0, 0.1) is 5.92 Å². The Bertz CT molecular complexity index is 570. The first kappa shape index (κ1) is 21.2. The number of hydrogen-bond donors (Lipinski definition) is 1. The van der Waals surface area contributed by atoms with Crippen molar-refractivity contribution in [2.75, 3.05) is 0 Å². The first-order valence-corrected chi connectivity index (χ1v) is 8.65. The predicted octanol–water partition coefficient (Wildman–Crippen LogP) is 3.15. The Balaban J connectivity index is 2.00. The van der Waals surface area contributed by atoms with E-state index < -0.39 is 29.5 Å². The van der Waals surface area contributed by atoms with Crippen molar-refractivity contribution >= 4 is 5.97 Å². The Hall–Kier alpha value is -1.12. The van der Waals surface area contributed by atoms with Crippen molar-refractivity contribution in [2.45, 2.75) is 89.3 Å². The van der Waals surface area contributed by atoms with Gasteiger partial charge in [-0.25, -0.2) is 4.79 Å². The summed E-state index contributed by atoms with van der Waals surface area (Å²) in [5, 5.41) is 9.80. The van der Waals surface area contributed by atoms with E-state index in [0.717, 1.165) is 0 Å². The van der Waals surface area contributed by atoms with E-state index in [1.54, 1.807) is 20.8 Å². The average molecular weight is 380 g/mol. The van der Waals surface area contributed by atoms with Crippen molar-refractivity contribution in [1.29, 1.82) is 0 Å². The molecule has 1 N–H and O–H groups in total. The quantitative estimate of drug-likeness (QED) is 0.567. The van der Waals surface area contributed by atoms with Gasteiger partial charge in [-0.3, -0.25) is 0 Å². The highest BCUT2D eigenvalue weighted by molar-refractivity contribution is 5.87. The minimum atomic E-state index is -4.80. The van der Waals surface area contributed by atoms with Gasteiger partial charge in [0, 0.05) is 17.9 Å². The molecule has 2 rings (SSSR count). The molecule has 6 unspecified atom stereocenters. The van der Waals surface area contributed by atoms with Gasteiger partial charge in [-0.15, -0.1) is 0 Å². The molecule has 0 amide bonds. The lowest BCUT2D eigenvalue weighted by atomic mass is 9.77. The molecule has 8 heteroatoms. The highest BCUT2D eigenvalue weighted by atomic mass is 19.4. The topological polar surface area (TPSA) is 65.0 Å². The van der Waals surface area contributed by atoms with Crippen molar-refractivity contribution in [2.24, 2.45) is 5.92 Å². The Kier molecular flexibility index (Phi) is 5.54. The summed E-state index contributed by atoms with van der Waals surface area (Å²) in [4.78, 5) is 11.7. The number of aliphatic hydroxyl groups is 1. The molecule has 26 heavy (non-hydrogen) atoms. The minimum absolute atomic E-state index is 0.168. The molecule has 0 spiro atoms. The van der Waals surface area contributed by atoms with E-state index in [1.165, 1.54) is 6.92 Å². The molecule has 0 aromatic carbocycles. The van der Waals surface area contributed by atoms with Gasteiger partial charge in [0.05, 0.1) is 23.9 Å². The number of hydrogen-bond acceptors (Lipinski definition) is 5. The summed E-state index contributed by atoms with van der Waals surface area (Å²) < 4.78 is 55.9. The first-order chi connectivity index (χ1) is 11.7. The fraction of sp³-hybridized carbons (Fsp3) is 0.833. The van der Waals surface area contributed by atoms with Gasteiger partial charge in [-0.1, -0.05) is 6.58 Å². The van der Waals surface area contributed by atoms with Gasteiger partial charge in [-0.05, 0) is 41.0 Å². The molecule has 0 radical (unpaired) electrons. The molecule has 0 aromatic heterocycles. The second-order valence-electron chi connectivity index (χ2n) is 8.02. The smallest absolute Gasteiger partial charge is 0.419 e. The Morgan fingerprint density at radius 1 is 1.23 bits per heavy atom. The molecule has 0 aromatic rings. The lowest BCUT2D eigenvalue weighted by Gasteiger charge is -2.42.